The second-order valence-electron chi connectivity index (χ2n) is 9.55. The van der Waals surface area contributed by atoms with Crippen LogP contribution in [0.2, 0.25) is 0 Å². The lowest BCUT2D eigenvalue weighted by Gasteiger charge is -2.26. The van der Waals surface area contributed by atoms with Crippen molar-refractivity contribution < 1.29 is 13.9 Å². The molecular formula is C29H27NO4. The average molecular weight is 454 g/mol. The van der Waals surface area contributed by atoms with Gasteiger partial charge < -0.3 is 9.15 Å². The van der Waals surface area contributed by atoms with Gasteiger partial charge in [-0.25, -0.2) is 0 Å². The van der Waals surface area contributed by atoms with Gasteiger partial charge in [-0.3, -0.25) is 14.5 Å². The number of hydrogen-bond donors (Lipinski definition) is 0. The minimum Gasteiger partial charge on any atom is -0.494 e. The van der Waals surface area contributed by atoms with Crippen LogP contribution in [-0.4, -0.2) is 12.5 Å². The Morgan fingerprint density at radius 1 is 0.912 bits per heavy atom. The van der Waals surface area contributed by atoms with Gasteiger partial charge in [0.2, 0.25) is 5.76 Å². The number of ether oxygens (including phenoxy) is 1. The second-order valence-corrected chi connectivity index (χ2v) is 9.55. The van der Waals surface area contributed by atoms with Crippen LogP contribution in [0.1, 0.15) is 61.0 Å². The highest BCUT2D eigenvalue weighted by molar-refractivity contribution is 6.10. The largest absolute Gasteiger partial charge is 0.494 e. The summed E-state index contributed by atoms with van der Waals surface area (Å²) in [6.45, 7) is 8.95. The van der Waals surface area contributed by atoms with E-state index in [0.717, 1.165) is 11.3 Å². The first kappa shape index (κ1) is 22.0. The molecule has 0 saturated heterocycles. The third-order valence-electron chi connectivity index (χ3n) is 6.30. The summed E-state index contributed by atoms with van der Waals surface area (Å²) in [5.74, 6) is 0.496. The molecule has 5 heteroatoms. The highest BCUT2D eigenvalue weighted by Gasteiger charge is 2.43. The number of hydrogen-bond acceptors (Lipinski definition) is 4. The van der Waals surface area contributed by atoms with Gasteiger partial charge >= 0.3 is 0 Å². The molecule has 0 bridgehead atoms. The van der Waals surface area contributed by atoms with Crippen LogP contribution >= 0.6 is 0 Å². The lowest BCUT2D eigenvalue weighted by atomic mass is 9.86. The minimum absolute atomic E-state index is 0.00798. The van der Waals surface area contributed by atoms with Crippen LogP contribution in [0.4, 0.5) is 5.69 Å². The Kier molecular flexibility index (Phi) is 5.28. The van der Waals surface area contributed by atoms with Gasteiger partial charge in [-0.1, -0.05) is 57.2 Å². The first-order valence-corrected chi connectivity index (χ1v) is 11.5. The number of nitrogens with zero attached hydrogens (tertiary/aromatic N) is 1. The summed E-state index contributed by atoms with van der Waals surface area (Å²) in [7, 11) is 0. The lowest BCUT2D eigenvalue weighted by Crippen LogP contribution is -2.29. The maximum atomic E-state index is 13.7. The number of carbonyl (C=O) groups excluding carboxylic acids is 1. The number of carbonyl (C=O) groups is 1. The quantitative estimate of drug-likeness (QED) is 0.367. The van der Waals surface area contributed by atoms with Gasteiger partial charge in [0.1, 0.15) is 11.3 Å². The van der Waals surface area contributed by atoms with Crippen molar-refractivity contribution in [1.29, 1.82) is 0 Å². The molecule has 172 valence electrons. The van der Waals surface area contributed by atoms with Gasteiger partial charge in [-0.15, -0.1) is 0 Å². The van der Waals surface area contributed by atoms with Crippen LogP contribution in [0.5, 0.6) is 5.75 Å². The van der Waals surface area contributed by atoms with Gasteiger partial charge in [0, 0.05) is 5.69 Å². The fraction of sp³-hybridized carbons (Fsp3) is 0.241. The van der Waals surface area contributed by atoms with Crippen molar-refractivity contribution in [2.75, 3.05) is 11.5 Å². The van der Waals surface area contributed by atoms with E-state index in [2.05, 4.69) is 32.9 Å². The summed E-state index contributed by atoms with van der Waals surface area (Å²) < 4.78 is 11.6. The Labute approximate surface area is 198 Å². The van der Waals surface area contributed by atoms with Crippen molar-refractivity contribution in [2.45, 2.75) is 39.2 Å². The highest BCUT2D eigenvalue weighted by Crippen LogP contribution is 2.42. The van der Waals surface area contributed by atoms with E-state index in [9.17, 15) is 9.59 Å². The Morgan fingerprint density at radius 3 is 2.24 bits per heavy atom. The summed E-state index contributed by atoms with van der Waals surface area (Å²) in [6, 6.07) is 22.0. The van der Waals surface area contributed by atoms with Crippen LogP contribution in [0, 0.1) is 0 Å². The SMILES string of the molecule is CCOc1ccc(N2C(=O)c3oc4ccccc4c(=O)c3C2c2ccc(C(C)(C)C)cc2)cc1. The van der Waals surface area contributed by atoms with Crippen molar-refractivity contribution in [3.05, 3.63) is 105 Å². The van der Waals surface area contributed by atoms with Crippen molar-refractivity contribution in [1.82, 2.24) is 0 Å². The topological polar surface area (TPSA) is 59.8 Å². The fourth-order valence-corrected chi connectivity index (χ4v) is 4.54. The normalized spacial score (nSPS) is 15.6. The molecule has 0 spiro atoms. The van der Waals surface area contributed by atoms with Crippen LogP contribution < -0.4 is 15.1 Å². The third-order valence-corrected chi connectivity index (χ3v) is 6.30. The maximum absolute atomic E-state index is 13.7. The van der Waals surface area contributed by atoms with Gasteiger partial charge in [0.25, 0.3) is 5.91 Å². The molecule has 0 radical (unpaired) electrons. The van der Waals surface area contributed by atoms with Gasteiger partial charge in [0.15, 0.2) is 5.43 Å². The Balaban J connectivity index is 1.71. The van der Waals surface area contributed by atoms with Gasteiger partial charge in [-0.05, 0) is 59.9 Å². The van der Waals surface area contributed by atoms with Crippen LogP contribution in [0.15, 0.2) is 82.0 Å². The van der Waals surface area contributed by atoms with Crippen molar-refractivity contribution in [3.63, 3.8) is 0 Å². The molecule has 5 rings (SSSR count). The summed E-state index contributed by atoms with van der Waals surface area (Å²) in [5, 5.41) is 0.471. The molecule has 0 N–H and O–H groups in total. The molecule has 1 aromatic heterocycles. The van der Waals surface area contributed by atoms with Gasteiger partial charge in [-0.2, -0.15) is 0 Å². The fourth-order valence-electron chi connectivity index (χ4n) is 4.54. The molecule has 4 aromatic rings. The number of amides is 1. The lowest BCUT2D eigenvalue weighted by molar-refractivity contribution is 0.0971. The van der Waals surface area contributed by atoms with Crippen LogP contribution in [0.25, 0.3) is 11.0 Å². The van der Waals surface area contributed by atoms with Crippen LogP contribution in [0.3, 0.4) is 0 Å². The Morgan fingerprint density at radius 2 is 1.59 bits per heavy atom. The number of benzene rings is 3. The van der Waals surface area contributed by atoms with E-state index in [1.165, 1.54) is 5.56 Å². The molecule has 0 aliphatic carbocycles. The minimum atomic E-state index is -0.588. The Bertz CT molecular complexity index is 1430. The zero-order chi connectivity index (χ0) is 24.0. The highest BCUT2D eigenvalue weighted by atomic mass is 16.5. The predicted molar refractivity (Wildman–Crippen MR) is 134 cm³/mol. The molecular weight excluding hydrogens is 426 g/mol. The van der Waals surface area contributed by atoms with E-state index < -0.39 is 6.04 Å². The molecule has 1 aliphatic rings. The second kappa shape index (κ2) is 8.17. The number of rotatable bonds is 4. The summed E-state index contributed by atoms with van der Waals surface area (Å²) in [4.78, 5) is 29.0. The van der Waals surface area contributed by atoms with E-state index in [1.54, 1.807) is 29.2 Å². The molecule has 3 aromatic carbocycles. The molecule has 5 nitrogen and oxygen atoms in total. The maximum Gasteiger partial charge on any atom is 0.295 e. The summed E-state index contributed by atoms with van der Waals surface area (Å²) in [5.41, 5.74) is 3.31. The average Bonchev–Trinajstić information content (AvgIpc) is 3.12. The number of anilines is 1. The molecule has 2 heterocycles. The first-order valence-electron chi connectivity index (χ1n) is 11.5. The molecule has 1 aliphatic heterocycles. The molecule has 1 atom stereocenters. The number of fused-ring (bicyclic) bond motifs is 2. The third kappa shape index (κ3) is 3.58. The van der Waals surface area contributed by atoms with E-state index >= 15 is 0 Å². The molecule has 0 saturated carbocycles. The molecule has 1 unspecified atom stereocenters. The first-order chi connectivity index (χ1) is 16.3. The smallest absolute Gasteiger partial charge is 0.295 e. The molecule has 1 amide bonds. The number of para-hydroxylation sites is 1. The Hall–Kier alpha value is -3.86. The van der Waals surface area contributed by atoms with E-state index in [1.807, 2.05) is 43.3 Å². The van der Waals surface area contributed by atoms with Crippen molar-refractivity contribution >= 4 is 22.6 Å². The predicted octanol–water partition coefficient (Wildman–Crippen LogP) is 6.24. The van der Waals surface area contributed by atoms with Crippen LogP contribution in [-0.2, 0) is 5.41 Å². The zero-order valence-electron chi connectivity index (χ0n) is 19.8. The molecule has 0 fully saturated rings. The molecule has 34 heavy (non-hydrogen) atoms. The van der Waals surface area contributed by atoms with E-state index in [4.69, 9.17) is 9.15 Å². The van der Waals surface area contributed by atoms with Crippen molar-refractivity contribution in [2.24, 2.45) is 0 Å². The summed E-state index contributed by atoms with van der Waals surface area (Å²) >= 11 is 0. The standard InChI is InChI=1S/C29H27NO4/c1-5-33-21-16-14-20(15-17-21)30-25(18-10-12-19(13-11-18)29(2,3)4)24-26(31)22-8-6-7-9-23(22)34-27(24)28(30)32/h6-17,25H,5H2,1-4H3. The monoisotopic (exact) mass is 453 g/mol. The zero-order valence-corrected chi connectivity index (χ0v) is 19.8. The van der Waals surface area contributed by atoms with E-state index in [-0.39, 0.29) is 22.5 Å². The van der Waals surface area contributed by atoms with Gasteiger partial charge in [0.05, 0.1) is 23.6 Å². The summed E-state index contributed by atoms with van der Waals surface area (Å²) in [6.07, 6.45) is 0. The van der Waals surface area contributed by atoms with Crippen molar-refractivity contribution in [3.8, 4) is 5.75 Å². The van der Waals surface area contributed by atoms with E-state index in [0.29, 0.717) is 28.8 Å².